The number of hydrogen-bond acceptors (Lipinski definition) is 4. The van der Waals surface area contributed by atoms with Crippen LogP contribution >= 0.6 is 23.4 Å². The van der Waals surface area contributed by atoms with Gasteiger partial charge < -0.3 is 15.4 Å². The monoisotopic (exact) mass is 406 g/mol. The Kier molecular flexibility index (Phi) is 8.48. The number of carbonyl (C=O) groups is 2. The summed E-state index contributed by atoms with van der Waals surface area (Å²) in [5, 5.41) is 5.99. The van der Waals surface area contributed by atoms with Crippen molar-refractivity contribution in [2.75, 3.05) is 23.9 Å². The molecule has 0 saturated carbocycles. The summed E-state index contributed by atoms with van der Waals surface area (Å²) in [5.74, 6) is 0.682. The zero-order chi connectivity index (χ0) is 19.6. The number of rotatable bonds is 9. The lowest BCUT2D eigenvalue weighted by Gasteiger charge is -2.19. The number of carbonyl (C=O) groups excluding carboxylic acids is 2. The molecule has 1 unspecified atom stereocenters. The Morgan fingerprint density at radius 1 is 1.19 bits per heavy atom. The first-order chi connectivity index (χ1) is 13.0. The predicted octanol–water partition coefficient (Wildman–Crippen LogP) is 3.90. The van der Waals surface area contributed by atoms with E-state index in [1.165, 1.54) is 0 Å². The van der Waals surface area contributed by atoms with Gasteiger partial charge in [-0.15, -0.1) is 0 Å². The van der Waals surface area contributed by atoms with E-state index in [1.54, 1.807) is 36.0 Å². The lowest BCUT2D eigenvalue weighted by molar-refractivity contribution is -0.127. The Bertz CT molecular complexity index is 771. The standard InChI is InChI=1S/C20H23ClN2O3S/c1-14-8-9-17(16(21)12-14)23-20(25)18(10-11-27-2)22-19(24)13-26-15-6-4-3-5-7-15/h3-9,12,18H,10-11,13H2,1-2H3,(H,22,24)(H,23,25). The van der Waals surface area contributed by atoms with Crippen LogP contribution in [0, 0.1) is 6.92 Å². The van der Waals surface area contributed by atoms with Crippen LogP contribution in [0.3, 0.4) is 0 Å². The normalized spacial score (nSPS) is 11.5. The molecule has 2 N–H and O–H groups in total. The highest BCUT2D eigenvalue weighted by Crippen LogP contribution is 2.23. The zero-order valence-corrected chi connectivity index (χ0v) is 16.9. The fourth-order valence-electron chi connectivity index (χ4n) is 2.35. The molecule has 0 bridgehead atoms. The van der Waals surface area contributed by atoms with Gasteiger partial charge in [-0.2, -0.15) is 11.8 Å². The van der Waals surface area contributed by atoms with E-state index >= 15 is 0 Å². The topological polar surface area (TPSA) is 67.4 Å². The second kappa shape index (κ2) is 10.8. The quantitative estimate of drug-likeness (QED) is 0.662. The van der Waals surface area contributed by atoms with Crippen LogP contribution in [0.2, 0.25) is 5.02 Å². The molecule has 2 amide bonds. The summed E-state index contributed by atoms with van der Waals surface area (Å²) in [6.07, 6.45) is 2.46. The Morgan fingerprint density at radius 3 is 2.59 bits per heavy atom. The Labute approximate surface area is 168 Å². The molecule has 5 nitrogen and oxygen atoms in total. The van der Waals surface area contributed by atoms with E-state index in [2.05, 4.69) is 10.6 Å². The van der Waals surface area contributed by atoms with Crippen LogP contribution < -0.4 is 15.4 Å². The van der Waals surface area contributed by atoms with Crippen LogP contribution in [0.15, 0.2) is 48.5 Å². The third-order valence-corrected chi connectivity index (χ3v) is 4.71. The third-order valence-electron chi connectivity index (χ3n) is 3.76. The van der Waals surface area contributed by atoms with Gasteiger partial charge in [0, 0.05) is 0 Å². The average Bonchev–Trinajstić information content (AvgIpc) is 2.66. The largest absolute Gasteiger partial charge is 0.484 e. The van der Waals surface area contributed by atoms with Gasteiger partial charge in [-0.3, -0.25) is 9.59 Å². The van der Waals surface area contributed by atoms with E-state index in [0.717, 1.165) is 11.3 Å². The average molecular weight is 407 g/mol. The minimum Gasteiger partial charge on any atom is -0.484 e. The molecule has 0 saturated heterocycles. The number of ether oxygens (including phenoxy) is 1. The lowest BCUT2D eigenvalue weighted by atomic mass is 10.2. The number of para-hydroxylation sites is 1. The van der Waals surface area contributed by atoms with Crippen LogP contribution in [0.5, 0.6) is 5.75 Å². The fourth-order valence-corrected chi connectivity index (χ4v) is 3.10. The molecule has 27 heavy (non-hydrogen) atoms. The fraction of sp³-hybridized carbons (Fsp3) is 0.300. The van der Waals surface area contributed by atoms with E-state index in [9.17, 15) is 9.59 Å². The molecule has 0 aliphatic carbocycles. The first-order valence-electron chi connectivity index (χ1n) is 8.52. The number of amides is 2. The van der Waals surface area contributed by atoms with Crippen LogP contribution in [-0.4, -0.2) is 36.5 Å². The van der Waals surface area contributed by atoms with Gasteiger partial charge in [0.15, 0.2) is 6.61 Å². The molecular formula is C20H23ClN2O3S. The van der Waals surface area contributed by atoms with Crippen LogP contribution in [0.1, 0.15) is 12.0 Å². The molecule has 2 rings (SSSR count). The molecule has 0 fully saturated rings. The summed E-state index contributed by atoms with van der Waals surface area (Å²) in [5.41, 5.74) is 1.53. The maximum absolute atomic E-state index is 12.6. The zero-order valence-electron chi connectivity index (χ0n) is 15.3. The number of aryl methyl sites for hydroxylation is 1. The molecule has 0 aliphatic heterocycles. The van der Waals surface area contributed by atoms with Crippen molar-refractivity contribution in [1.29, 1.82) is 0 Å². The highest BCUT2D eigenvalue weighted by atomic mass is 35.5. The van der Waals surface area contributed by atoms with Gasteiger partial charge in [0.1, 0.15) is 11.8 Å². The number of halogens is 1. The van der Waals surface area contributed by atoms with Gasteiger partial charge in [0.25, 0.3) is 5.91 Å². The Morgan fingerprint density at radius 2 is 1.93 bits per heavy atom. The van der Waals surface area contributed by atoms with E-state index < -0.39 is 6.04 Å². The lowest BCUT2D eigenvalue weighted by Crippen LogP contribution is -2.45. The minimum atomic E-state index is -0.665. The molecule has 0 heterocycles. The first kappa shape index (κ1) is 21.1. The van der Waals surface area contributed by atoms with Crippen LogP contribution in [-0.2, 0) is 9.59 Å². The molecule has 7 heteroatoms. The summed E-state index contributed by atoms with van der Waals surface area (Å²) in [7, 11) is 0. The molecule has 0 radical (unpaired) electrons. The van der Waals surface area contributed by atoms with Crippen molar-refractivity contribution in [3.8, 4) is 5.75 Å². The number of anilines is 1. The molecule has 2 aromatic rings. The maximum Gasteiger partial charge on any atom is 0.258 e. The summed E-state index contributed by atoms with van der Waals surface area (Å²) in [6.45, 7) is 1.77. The van der Waals surface area contributed by atoms with Gasteiger partial charge in [0.05, 0.1) is 10.7 Å². The van der Waals surface area contributed by atoms with Crippen molar-refractivity contribution in [3.05, 3.63) is 59.1 Å². The van der Waals surface area contributed by atoms with Crippen molar-refractivity contribution < 1.29 is 14.3 Å². The van der Waals surface area contributed by atoms with Gasteiger partial charge in [-0.1, -0.05) is 35.9 Å². The molecular weight excluding hydrogens is 384 g/mol. The second-order valence-electron chi connectivity index (χ2n) is 5.98. The SMILES string of the molecule is CSCCC(NC(=O)COc1ccccc1)C(=O)Nc1ccc(C)cc1Cl. The molecule has 144 valence electrons. The number of nitrogens with one attached hydrogen (secondary N) is 2. The summed E-state index contributed by atoms with van der Waals surface area (Å²) >= 11 is 7.79. The van der Waals surface area contributed by atoms with Gasteiger partial charge >= 0.3 is 0 Å². The first-order valence-corrected chi connectivity index (χ1v) is 10.3. The molecule has 0 aliphatic rings. The molecule has 0 aromatic heterocycles. The van der Waals surface area contributed by atoms with E-state index in [-0.39, 0.29) is 18.4 Å². The summed E-state index contributed by atoms with van der Waals surface area (Å²) in [6, 6.07) is 13.8. The van der Waals surface area contributed by atoms with Gasteiger partial charge in [-0.05, 0) is 55.2 Å². The maximum atomic E-state index is 12.6. The van der Waals surface area contributed by atoms with Crippen molar-refractivity contribution in [2.45, 2.75) is 19.4 Å². The van der Waals surface area contributed by atoms with Crippen molar-refractivity contribution in [2.24, 2.45) is 0 Å². The third kappa shape index (κ3) is 7.15. The highest BCUT2D eigenvalue weighted by Gasteiger charge is 2.21. The Balaban J connectivity index is 1.96. The number of hydrogen-bond donors (Lipinski definition) is 2. The van der Waals surface area contributed by atoms with E-state index in [1.807, 2.05) is 37.4 Å². The number of thioether (sulfide) groups is 1. The highest BCUT2D eigenvalue weighted by molar-refractivity contribution is 7.98. The Hall–Kier alpha value is -2.18. The van der Waals surface area contributed by atoms with Crippen LogP contribution in [0.4, 0.5) is 5.69 Å². The van der Waals surface area contributed by atoms with Crippen molar-refractivity contribution in [3.63, 3.8) is 0 Å². The van der Waals surface area contributed by atoms with Crippen molar-refractivity contribution in [1.82, 2.24) is 5.32 Å². The minimum absolute atomic E-state index is 0.154. The molecule has 0 spiro atoms. The summed E-state index contributed by atoms with van der Waals surface area (Å²) < 4.78 is 5.43. The van der Waals surface area contributed by atoms with E-state index in [4.69, 9.17) is 16.3 Å². The number of benzene rings is 2. The van der Waals surface area contributed by atoms with Crippen molar-refractivity contribution >= 4 is 40.9 Å². The molecule has 1 atom stereocenters. The van der Waals surface area contributed by atoms with E-state index in [0.29, 0.717) is 22.9 Å². The van der Waals surface area contributed by atoms with Crippen LogP contribution in [0.25, 0.3) is 0 Å². The summed E-state index contributed by atoms with van der Waals surface area (Å²) in [4.78, 5) is 24.8. The molecule has 2 aromatic carbocycles. The smallest absolute Gasteiger partial charge is 0.258 e. The predicted molar refractivity (Wildman–Crippen MR) is 112 cm³/mol. The van der Waals surface area contributed by atoms with Gasteiger partial charge in [0.2, 0.25) is 5.91 Å². The van der Waals surface area contributed by atoms with Gasteiger partial charge in [-0.25, -0.2) is 0 Å². The second-order valence-corrected chi connectivity index (χ2v) is 7.37.